The van der Waals surface area contributed by atoms with E-state index >= 15 is 0 Å². The predicted octanol–water partition coefficient (Wildman–Crippen LogP) is 0.959. The van der Waals surface area contributed by atoms with Crippen molar-refractivity contribution in [3.05, 3.63) is 23.8 Å². The lowest BCUT2D eigenvalue weighted by Gasteiger charge is -2.41. The lowest BCUT2D eigenvalue weighted by Crippen LogP contribution is -2.58. The van der Waals surface area contributed by atoms with E-state index in [1.165, 1.54) is 0 Å². The highest BCUT2D eigenvalue weighted by molar-refractivity contribution is 7.91. The molecule has 2 unspecified atom stereocenters. The van der Waals surface area contributed by atoms with E-state index in [2.05, 4.69) is 14.4 Å². The van der Waals surface area contributed by atoms with E-state index in [0.29, 0.717) is 23.6 Å². The molecule has 2 aliphatic rings. The highest BCUT2D eigenvalue weighted by Gasteiger charge is 2.31. The number of aliphatic hydroxyl groups excluding tert-OH is 1. The fourth-order valence-electron chi connectivity index (χ4n) is 3.52. The van der Waals surface area contributed by atoms with Crippen molar-refractivity contribution in [3.8, 4) is 5.75 Å². The molecule has 0 spiro atoms. The van der Waals surface area contributed by atoms with Gasteiger partial charge >= 0.3 is 10.2 Å². The number of ether oxygens (including phenoxy) is 1. The lowest BCUT2D eigenvalue weighted by molar-refractivity contribution is -0.0823. The Hall–Kier alpha value is -1.88. The topological polar surface area (TPSA) is 129 Å². The zero-order chi connectivity index (χ0) is 20.5. The summed E-state index contributed by atoms with van der Waals surface area (Å²) in [6, 6.07) is 5.07. The Morgan fingerprint density at radius 3 is 2.89 bits per heavy atom. The fourth-order valence-corrected chi connectivity index (χ4v) is 4.36. The summed E-state index contributed by atoms with van der Waals surface area (Å²) in [6.45, 7) is 7.13. The zero-order valence-corrected chi connectivity index (χ0v) is 17.3. The van der Waals surface area contributed by atoms with Gasteiger partial charge in [0.1, 0.15) is 12.4 Å². The molecule has 2 heterocycles. The average Bonchev–Trinajstić information content (AvgIpc) is 2.57. The minimum Gasteiger partial charge on any atom is -0.491 e. The van der Waals surface area contributed by atoms with E-state index in [9.17, 15) is 13.5 Å². The third-order valence-electron chi connectivity index (χ3n) is 4.72. The van der Waals surface area contributed by atoms with Crippen LogP contribution in [0.5, 0.6) is 5.75 Å². The van der Waals surface area contributed by atoms with Crippen LogP contribution >= 0.6 is 0 Å². The summed E-state index contributed by atoms with van der Waals surface area (Å²) < 4.78 is 35.3. The van der Waals surface area contributed by atoms with Crippen molar-refractivity contribution >= 4 is 21.7 Å². The van der Waals surface area contributed by atoms with Crippen molar-refractivity contribution in [2.75, 3.05) is 17.9 Å². The smallest absolute Gasteiger partial charge is 0.344 e. The van der Waals surface area contributed by atoms with Crippen LogP contribution in [0.2, 0.25) is 0 Å². The zero-order valence-electron chi connectivity index (χ0n) is 16.5. The van der Waals surface area contributed by atoms with Gasteiger partial charge in [-0.05, 0) is 45.7 Å². The Morgan fingerprint density at radius 1 is 1.43 bits per heavy atom. The molecular weight excluding hydrogens is 382 g/mol. The third-order valence-corrected chi connectivity index (χ3v) is 5.63. The maximum atomic E-state index is 11.7. The molecule has 0 bridgehead atoms. The van der Waals surface area contributed by atoms with Gasteiger partial charge in [0.25, 0.3) is 0 Å². The van der Waals surface area contributed by atoms with Gasteiger partial charge in [-0.25, -0.2) is 0 Å². The highest BCUT2D eigenvalue weighted by atomic mass is 32.2. The van der Waals surface area contributed by atoms with E-state index in [-0.39, 0.29) is 17.4 Å². The third kappa shape index (κ3) is 4.93. The molecule has 1 fully saturated rings. The van der Waals surface area contributed by atoms with Gasteiger partial charge in [0.2, 0.25) is 0 Å². The molecule has 156 valence electrons. The summed E-state index contributed by atoms with van der Waals surface area (Å²) >= 11 is 0. The Kier molecular flexibility index (Phi) is 5.85. The lowest BCUT2D eigenvalue weighted by atomic mass is 10.0. The Bertz CT molecular complexity index is 850. The van der Waals surface area contributed by atoms with Gasteiger partial charge in [0.15, 0.2) is 12.2 Å². The molecule has 9 nitrogen and oxygen atoms in total. The molecule has 28 heavy (non-hydrogen) atoms. The van der Waals surface area contributed by atoms with Crippen LogP contribution in [0.4, 0.5) is 5.69 Å². The number of likely N-dealkylation sites (tertiary alicyclic amines) is 1. The van der Waals surface area contributed by atoms with Crippen LogP contribution in [0.15, 0.2) is 22.6 Å². The van der Waals surface area contributed by atoms with Crippen LogP contribution in [0, 0.1) is 0 Å². The first-order valence-corrected chi connectivity index (χ1v) is 10.9. The van der Waals surface area contributed by atoms with E-state index in [0.717, 1.165) is 25.8 Å². The minimum absolute atomic E-state index is 0.0212. The molecule has 1 saturated heterocycles. The molecule has 10 heteroatoms. The van der Waals surface area contributed by atoms with Crippen LogP contribution in [-0.2, 0) is 10.2 Å². The second-order valence-electron chi connectivity index (χ2n) is 8.20. The van der Waals surface area contributed by atoms with Gasteiger partial charge in [0, 0.05) is 18.1 Å². The maximum absolute atomic E-state index is 11.7. The number of anilines is 1. The van der Waals surface area contributed by atoms with E-state index in [1.807, 2.05) is 25.7 Å². The first-order chi connectivity index (χ1) is 13.1. The number of aliphatic hydroxyl groups is 1. The van der Waals surface area contributed by atoms with Crippen molar-refractivity contribution < 1.29 is 18.3 Å². The fraction of sp³-hybridized carbons (Fsp3) is 0.611. The molecule has 0 radical (unpaired) electrons. The van der Waals surface area contributed by atoms with Crippen molar-refractivity contribution in [3.63, 3.8) is 0 Å². The number of nitrogens with zero attached hydrogens (tertiary/aromatic N) is 2. The summed E-state index contributed by atoms with van der Waals surface area (Å²) in [5.41, 5.74) is 6.43. The first kappa shape index (κ1) is 20.8. The van der Waals surface area contributed by atoms with Crippen molar-refractivity contribution in [2.24, 2.45) is 10.1 Å². The highest BCUT2D eigenvalue weighted by Crippen LogP contribution is 2.31. The monoisotopic (exact) mass is 411 g/mol. The van der Waals surface area contributed by atoms with Crippen LogP contribution in [0.1, 0.15) is 45.6 Å². The van der Waals surface area contributed by atoms with Crippen LogP contribution < -0.4 is 20.5 Å². The number of nitrogens with one attached hydrogen (secondary N) is 2. The number of rotatable bonds is 5. The first-order valence-electron chi connectivity index (χ1n) is 9.42. The minimum atomic E-state index is -3.83. The molecular formula is C18H29N5O4S. The maximum Gasteiger partial charge on any atom is 0.344 e. The Labute approximate surface area is 166 Å². The van der Waals surface area contributed by atoms with E-state index in [1.54, 1.807) is 18.2 Å². The molecule has 3 rings (SSSR count). The van der Waals surface area contributed by atoms with Gasteiger partial charge in [-0.15, -0.1) is 4.40 Å². The van der Waals surface area contributed by atoms with E-state index < -0.39 is 16.6 Å². The molecule has 2 atom stereocenters. The number of hydrogen-bond acceptors (Lipinski definition) is 7. The van der Waals surface area contributed by atoms with Gasteiger partial charge < -0.3 is 15.6 Å². The second-order valence-corrected chi connectivity index (χ2v) is 9.54. The number of hydrogen-bond donors (Lipinski definition) is 4. The standard InChI is InChI=1S/C18H29N5O4S/c1-18(2,3)20-17(24)23-10-5-4-7-12(23)11-27-14-9-6-8-13-15(14)16(19)22-28(25,26)21-13/h6,8-9,12,17,20-21,24H,4-5,7,10-11H2,1-3H3,(H2,19,22). The number of fused-ring (bicyclic) bond motifs is 1. The molecule has 1 aromatic rings. The number of nitrogens with two attached hydrogens (primary N) is 1. The van der Waals surface area contributed by atoms with Crippen LogP contribution in [-0.4, -0.2) is 55.3 Å². The largest absolute Gasteiger partial charge is 0.491 e. The van der Waals surface area contributed by atoms with Gasteiger partial charge in [0.05, 0.1) is 11.3 Å². The summed E-state index contributed by atoms with van der Waals surface area (Å²) in [5.74, 6) is 0.365. The average molecular weight is 412 g/mol. The van der Waals surface area contributed by atoms with Crippen molar-refractivity contribution in [2.45, 2.75) is 58.0 Å². The Balaban J connectivity index is 1.75. The van der Waals surface area contributed by atoms with Gasteiger partial charge in [-0.2, -0.15) is 8.42 Å². The molecule has 2 aliphatic heterocycles. The van der Waals surface area contributed by atoms with E-state index in [4.69, 9.17) is 10.5 Å². The van der Waals surface area contributed by atoms with Crippen molar-refractivity contribution in [1.29, 1.82) is 0 Å². The normalized spacial score (nSPS) is 23.3. The Morgan fingerprint density at radius 2 is 2.18 bits per heavy atom. The molecule has 0 amide bonds. The number of amidine groups is 1. The predicted molar refractivity (Wildman–Crippen MR) is 108 cm³/mol. The molecule has 1 aromatic carbocycles. The van der Waals surface area contributed by atoms with Gasteiger partial charge in [-0.3, -0.25) is 14.9 Å². The molecule has 0 saturated carbocycles. The SMILES string of the molecule is CC(C)(C)NC(O)N1CCCCC1COc1cccc2c1C(N)=NS(=O)(=O)N2. The molecule has 0 aliphatic carbocycles. The van der Waals surface area contributed by atoms with Gasteiger partial charge in [-0.1, -0.05) is 12.5 Å². The molecule has 5 N–H and O–H groups in total. The van der Waals surface area contributed by atoms with Crippen molar-refractivity contribution in [1.82, 2.24) is 10.2 Å². The second kappa shape index (κ2) is 7.86. The summed E-state index contributed by atoms with van der Waals surface area (Å²) in [4.78, 5) is 2.00. The summed E-state index contributed by atoms with van der Waals surface area (Å²) in [5, 5.41) is 13.8. The molecule has 0 aromatic heterocycles. The quantitative estimate of drug-likeness (QED) is 0.531. The van der Waals surface area contributed by atoms with Crippen LogP contribution in [0.25, 0.3) is 0 Å². The number of benzene rings is 1. The van der Waals surface area contributed by atoms with Crippen LogP contribution in [0.3, 0.4) is 0 Å². The summed E-state index contributed by atoms with van der Waals surface area (Å²) in [7, 11) is -3.83. The number of piperidine rings is 1. The summed E-state index contributed by atoms with van der Waals surface area (Å²) in [6.07, 6.45) is 2.20.